The Morgan fingerprint density at radius 1 is 1.22 bits per heavy atom. The van der Waals surface area contributed by atoms with Gasteiger partial charge in [0.2, 0.25) is 0 Å². The summed E-state index contributed by atoms with van der Waals surface area (Å²) < 4.78 is 31.8. The molecule has 0 aliphatic carbocycles. The van der Waals surface area contributed by atoms with Crippen LogP contribution in [0.15, 0.2) is 51.1 Å². The maximum atomic E-state index is 12.0. The molecule has 0 atom stereocenters. The molecule has 0 saturated heterocycles. The van der Waals surface area contributed by atoms with Crippen LogP contribution in [0.4, 0.5) is 11.4 Å². The summed E-state index contributed by atoms with van der Waals surface area (Å²) >= 11 is 1.38. The second-order valence-corrected chi connectivity index (χ2v) is 7.46. The van der Waals surface area contributed by atoms with Crippen molar-refractivity contribution in [2.45, 2.75) is 14.7 Å². The summed E-state index contributed by atoms with van der Waals surface area (Å²) in [6.45, 7) is 0.321. The zero-order valence-corrected chi connectivity index (χ0v) is 15.7. The van der Waals surface area contributed by atoms with Crippen LogP contribution in [-0.2, 0) is 10.1 Å². The molecule has 2 aromatic carbocycles. The third-order valence-corrected chi connectivity index (χ3v) is 5.60. The van der Waals surface area contributed by atoms with Gasteiger partial charge in [0.15, 0.2) is 0 Å². The van der Waals surface area contributed by atoms with Gasteiger partial charge in [-0.05, 0) is 30.3 Å². The number of hydrogen-bond acceptors (Lipinski definition) is 5. The SMILES string of the molecule is O=C1NCN2c3ccc(S(=O)(=O)O)cc3Sc3cccc1c32.[H-].[Na+]. The third-order valence-electron chi connectivity index (χ3n) is 3.65. The van der Waals surface area contributed by atoms with Crippen LogP contribution in [0.25, 0.3) is 0 Å². The van der Waals surface area contributed by atoms with Gasteiger partial charge in [0, 0.05) is 9.79 Å². The molecule has 2 aliphatic heterocycles. The van der Waals surface area contributed by atoms with E-state index in [2.05, 4.69) is 5.32 Å². The summed E-state index contributed by atoms with van der Waals surface area (Å²) in [6, 6.07) is 9.89. The van der Waals surface area contributed by atoms with E-state index in [4.69, 9.17) is 0 Å². The van der Waals surface area contributed by atoms with Gasteiger partial charge in [0.1, 0.15) is 0 Å². The maximum Gasteiger partial charge on any atom is 1.00 e. The van der Waals surface area contributed by atoms with E-state index in [9.17, 15) is 17.8 Å². The number of fused-ring (bicyclic) bond motifs is 2. The fourth-order valence-electron chi connectivity index (χ4n) is 2.68. The summed E-state index contributed by atoms with van der Waals surface area (Å²) in [4.78, 5) is 15.4. The monoisotopic (exact) mass is 358 g/mol. The van der Waals surface area contributed by atoms with Gasteiger partial charge in [-0.2, -0.15) is 8.42 Å². The molecular weight excluding hydrogens is 347 g/mol. The van der Waals surface area contributed by atoms with Crippen LogP contribution in [0, 0.1) is 0 Å². The van der Waals surface area contributed by atoms with Crippen LogP contribution < -0.4 is 39.8 Å². The molecule has 0 fully saturated rings. The number of benzene rings is 2. The quantitative estimate of drug-likeness (QED) is 0.521. The van der Waals surface area contributed by atoms with E-state index in [1.165, 1.54) is 23.9 Å². The van der Waals surface area contributed by atoms with Crippen LogP contribution >= 0.6 is 11.8 Å². The van der Waals surface area contributed by atoms with Gasteiger partial charge in [-0.1, -0.05) is 17.8 Å². The number of nitrogens with zero attached hydrogens (tertiary/aromatic N) is 1. The molecule has 114 valence electrons. The van der Waals surface area contributed by atoms with Crippen molar-refractivity contribution in [3.8, 4) is 0 Å². The van der Waals surface area contributed by atoms with Crippen LogP contribution in [0.5, 0.6) is 0 Å². The van der Waals surface area contributed by atoms with Crippen LogP contribution in [0.1, 0.15) is 11.8 Å². The van der Waals surface area contributed by atoms with Gasteiger partial charge in [0.25, 0.3) is 16.0 Å². The van der Waals surface area contributed by atoms with Crippen molar-refractivity contribution in [1.82, 2.24) is 5.32 Å². The first-order chi connectivity index (χ1) is 10.4. The minimum absolute atomic E-state index is 0. The fourth-order valence-corrected chi connectivity index (χ4v) is 4.43. The van der Waals surface area contributed by atoms with Crippen molar-refractivity contribution in [3.05, 3.63) is 42.0 Å². The van der Waals surface area contributed by atoms with E-state index >= 15 is 0 Å². The average molecular weight is 358 g/mol. The van der Waals surface area contributed by atoms with Crippen molar-refractivity contribution in [2.24, 2.45) is 0 Å². The smallest absolute Gasteiger partial charge is 1.00 e. The Labute approximate surface area is 160 Å². The molecule has 2 heterocycles. The van der Waals surface area contributed by atoms with E-state index in [0.29, 0.717) is 12.2 Å². The van der Waals surface area contributed by atoms with E-state index < -0.39 is 10.1 Å². The van der Waals surface area contributed by atoms with E-state index in [1.54, 1.807) is 18.2 Å². The third kappa shape index (κ3) is 2.69. The average Bonchev–Trinajstić information content (AvgIpc) is 2.48. The topological polar surface area (TPSA) is 86.7 Å². The molecule has 0 aromatic heterocycles. The minimum Gasteiger partial charge on any atom is -1.00 e. The standard InChI is InChI=1S/C14H10N2O4S2.Na.H/c17-14-9-2-1-3-11-13(9)16(7-15-14)10-5-4-8(22(18,19)20)6-12(10)21-11;;/h1-6H,7H2,(H,15,17)(H,18,19,20);;/q;+1;-1. The normalized spacial score (nSPS) is 15.2. The molecule has 1 amide bonds. The Morgan fingerprint density at radius 2 is 2.00 bits per heavy atom. The number of anilines is 2. The summed E-state index contributed by atoms with van der Waals surface area (Å²) in [5, 5.41) is 2.80. The Balaban J connectivity index is 0.00000104. The van der Waals surface area contributed by atoms with Crippen molar-refractivity contribution >= 4 is 39.2 Å². The Kier molecular flexibility index (Phi) is 4.24. The maximum absolute atomic E-state index is 12.0. The van der Waals surface area contributed by atoms with E-state index in [0.717, 1.165) is 21.2 Å². The minimum atomic E-state index is -4.24. The molecule has 0 saturated carbocycles. The molecule has 0 bridgehead atoms. The number of para-hydroxylation sites is 1. The van der Waals surface area contributed by atoms with Gasteiger partial charge in [0.05, 0.1) is 28.5 Å². The first-order valence-corrected chi connectivity index (χ1v) is 8.69. The molecule has 2 aliphatic rings. The largest absolute Gasteiger partial charge is 1.00 e. The second kappa shape index (κ2) is 5.80. The van der Waals surface area contributed by atoms with Crippen molar-refractivity contribution < 1.29 is 48.7 Å². The van der Waals surface area contributed by atoms with Gasteiger partial charge < -0.3 is 11.6 Å². The predicted octanol–water partition coefficient (Wildman–Crippen LogP) is -0.647. The first-order valence-electron chi connectivity index (χ1n) is 6.43. The molecule has 9 heteroatoms. The van der Waals surface area contributed by atoms with Crippen LogP contribution in [-0.4, -0.2) is 25.5 Å². The molecule has 0 spiro atoms. The Bertz CT molecular complexity index is 936. The molecule has 6 nitrogen and oxygen atoms in total. The number of carbonyl (C=O) groups excluding carboxylic acids is 1. The van der Waals surface area contributed by atoms with Gasteiger partial charge >= 0.3 is 29.6 Å². The van der Waals surface area contributed by atoms with Crippen molar-refractivity contribution in [1.29, 1.82) is 0 Å². The number of carbonyl (C=O) groups is 1. The van der Waals surface area contributed by atoms with Gasteiger partial charge in [-0.15, -0.1) is 0 Å². The number of amides is 1. The molecule has 0 radical (unpaired) electrons. The van der Waals surface area contributed by atoms with Crippen molar-refractivity contribution in [2.75, 3.05) is 11.6 Å². The fraction of sp³-hybridized carbons (Fsp3) is 0.0714. The molecule has 2 aromatic rings. The zero-order valence-electron chi connectivity index (χ0n) is 13.1. The number of rotatable bonds is 1. The molecule has 0 unspecified atom stereocenters. The molecule has 23 heavy (non-hydrogen) atoms. The number of hydrogen-bond donors (Lipinski definition) is 2. The van der Waals surface area contributed by atoms with E-state index in [-0.39, 0.29) is 41.8 Å². The first kappa shape index (κ1) is 16.8. The Morgan fingerprint density at radius 3 is 2.74 bits per heavy atom. The molecular formula is C14H11N2NaO4S2. The zero-order chi connectivity index (χ0) is 15.5. The summed E-state index contributed by atoms with van der Waals surface area (Å²) in [5.41, 5.74) is 2.24. The second-order valence-electron chi connectivity index (χ2n) is 4.95. The summed E-state index contributed by atoms with van der Waals surface area (Å²) in [5.74, 6) is -0.119. The van der Waals surface area contributed by atoms with Crippen LogP contribution in [0.3, 0.4) is 0 Å². The van der Waals surface area contributed by atoms with E-state index in [1.807, 2.05) is 11.0 Å². The predicted molar refractivity (Wildman–Crippen MR) is 82.4 cm³/mol. The Hall–Kier alpha value is -1.03. The van der Waals surface area contributed by atoms with Crippen LogP contribution in [0.2, 0.25) is 0 Å². The van der Waals surface area contributed by atoms with Gasteiger partial charge in [-0.3, -0.25) is 9.35 Å². The van der Waals surface area contributed by atoms with Crippen molar-refractivity contribution in [3.63, 3.8) is 0 Å². The van der Waals surface area contributed by atoms with Gasteiger partial charge in [-0.25, -0.2) is 0 Å². The summed E-state index contributed by atoms with van der Waals surface area (Å²) in [7, 11) is -4.24. The number of nitrogens with one attached hydrogen (secondary N) is 1. The molecule has 4 rings (SSSR count). The summed E-state index contributed by atoms with van der Waals surface area (Å²) in [6.07, 6.45) is 0. The molecule has 2 N–H and O–H groups in total.